The maximum absolute atomic E-state index is 9.42. The summed E-state index contributed by atoms with van der Waals surface area (Å²) in [5.41, 5.74) is 8.41. The van der Waals surface area contributed by atoms with Crippen LogP contribution in [0.2, 0.25) is 0 Å². The number of anilines is 2. The van der Waals surface area contributed by atoms with E-state index < -0.39 is 5.60 Å². The number of aliphatic hydroxyl groups is 1. The SMILES string of the molecule is CCN(CCOC)c1cc2c(cc1N)CC(C)(CO)O2. The van der Waals surface area contributed by atoms with Crippen LogP contribution in [-0.4, -0.2) is 44.1 Å². The summed E-state index contributed by atoms with van der Waals surface area (Å²) in [6.07, 6.45) is 0.688. The maximum Gasteiger partial charge on any atom is 0.133 e. The molecule has 5 nitrogen and oxygen atoms in total. The first-order chi connectivity index (χ1) is 9.53. The Hall–Kier alpha value is -1.46. The summed E-state index contributed by atoms with van der Waals surface area (Å²) >= 11 is 0. The Balaban J connectivity index is 2.27. The highest BCUT2D eigenvalue weighted by atomic mass is 16.5. The van der Waals surface area contributed by atoms with Crippen LogP contribution in [0.3, 0.4) is 0 Å². The third-order valence-corrected chi connectivity index (χ3v) is 3.75. The fourth-order valence-electron chi connectivity index (χ4n) is 2.58. The van der Waals surface area contributed by atoms with Gasteiger partial charge in [-0.15, -0.1) is 0 Å². The molecule has 1 aliphatic heterocycles. The number of nitrogens with two attached hydrogens (primary N) is 1. The van der Waals surface area contributed by atoms with Crippen molar-refractivity contribution in [2.45, 2.75) is 25.9 Å². The van der Waals surface area contributed by atoms with Gasteiger partial charge in [0, 0.05) is 38.2 Å². The quantitative estimate of drug-likeness (QED) is 0.772. The summed E-state index contributed by atoms with van der Waals surface area (Å²) in [6.45, 7) is 6.28. The molecule has 1 aliphatic rings. The molecule has 112 valence electrons. The Bertz CT molecular complexity index is 478. The number of likely N-dealkylation sites (N-methyl/N-ethyl adjacent to an activating group) is 1. The zero-order chi connectivity index (χ0) is 14.8. The van der Waals surface area contributed by atoms with Crippen LogP contribution in [0.4, 0.5) is 11.4 Å². The molecule has 20 heavy (non-hydrogen) atoms. The first-order valence-electron chi connectivity index (χ1n) is 6.99. The minimum absolute atomic E-state index is 0.00190. The molecule has 0 aliphatic carbocycles. The van der Waals surface area contributed by atoms with E-state index >= 15 is 0 Å². The summed E-state index contributed by atoms with van der Waals surface area (Å²) in [5, 5.41) is 9.42. The van der Waals surface area contributed by atoms with E-state index in [0.29, 0.717) is 13.0 Å². The molecule has 1 aromatic carbocycles. The molecule has 1 unspecified atom stereocenters. The number of nitrogen functional groups attached to an aromatic ring is 1. The average molecular weight is 280 g/mol. The number of aliphatic hydroxyl groups excluding tert-OH is 1. The van der Waals surface area contributed by atoms with Gasteiger partial charge in [0.2, 0.25) is 0 Å². The van der Waals surface area contributed by atoms with Gasteiger partial charge in [0.25, 0.3) is 0 Å². The van der Waals surface area contributed by atoms with E-state index in [4.69, 9.17) is 15.2 Å². The Morgan fingerprint density at radius 2 is 2.25 bits per heavy atom. The van der Waals surface area contributed by atoms with Gasteiger partial charge in [-0.2, -0.15) is 0 Å². The topological polar surface area (TPSA) is 68.0 Å². The van der Waals surface area contributed by atoms with Crippen LogP contribution in [0.25, 0.3) is 0 Å². The number of fused-ring (bicyclic) bond motifs is 1. The fourth-order valence-corrected chi connectivity index (χ4v) is 2.58. The van der Waals surface area contributed by atoms with Gasteiger partial charge < -0.3 is 25.2 Å². The zero-order valence-electron chi connectivity index (χ0n) is 12.5. The summed E-state index contributed by atoms with van der Waals surface area (Å²) < 4.78 is 11.0. The van der Waals surface area contributed by atoms with Crippen molar-refractivity contribution in [3.8, 4) is 5.75 Å². The van der Waals surface area contributed by atoms with Gasteiger partial charge in [-0.05, 0) is 19.9 Å². The Morgan fingerprint density at radius 1 is 1.50 bits per heavy atom. The highest BCUT2D eigenvalue weighted by Crippen LogP contribution is 2.40. The molecule has 0 radical (unpaired) electrons. The van der Waals surface area contributed by atoms with E-state index in [1.807, 2.05) is 19.1 Å². The van der Waals surface area contributed by atoms with E-state index in [9.17, 15) is 5.11 Å². The molecule has 1 atom stereocenters. The molecular formula is C15H24N2O3. The second kappa shape index (κ2) is 5.89. The van der Waals surface area contributed by atoms with E-state index in [1.165, 1.54) is 0 Å². The molecule has 1 aromatic rings. The molecule has 3 N–H and O–H groups in total. The van der Waals surface area contributed by atoms with Crippen LogP contribution in [0.5, 0.6) is 5.75 Å². The smallest absolute Gasteiger partial charge is 0.133 e. The standard InChI is InChI=1S/C15H24N2O3/c1-4-17(5-6-19-3)13-8-14-11(7-12(13)16)9-15(2,10-18)20-14/h7-8,18H,4-6,9-10,16H2,1-3H3. The summed E-state index contributed by atoms with van der Waals surface area (Å²) in [5.74, 6) is 0.821. The fraction of sp³-hybridized carbons (Fsp3) is 0.600. The molecule has 5 heteroatoms. The predicted octanol–water partition coefficient (Wildman–Crippen LogP) is 1.43. The van der Waals surface area contributed by atoms with E-state index in [0.717, 1.165) is 35.8 Å². The van der Waals surface area contributed by atoms with Crippen molar-refractivity contribution in [1.29, 1.82) is 0 Å². The first-order valence-corrected chi connectivity index (χ1v) is 6.99. The lowest BCUT2D eigenvalue weighted by Gasteiger charge is -2.25. The minimum Gasteiger partial charge on any atom is -0.484 e. The number of hydrogen-bond donors (Lipinski definition) is 2. The van der Waals surface area contributed by atoms with Crippen LogP contribution >= 0.6 is 0 Å². The van der Waals surface area contributed by atoms with E-state index in [-0.39, 0.29) is 6.61 Å². The third kappa shape index (κ3) is 2.83. The van der Waals surface area contributed by atoms with Gasteiger partial charge in [-0.3, -0.25) is 0 Å². The van der Waals surface area contributed by atoms with Crippen LogP contribution < -0.4 is 15.4 Å². The van der Waals surface area contributed by atoms with Crippen LogP contribution in [0.15, 0.2) is 12.1 Å². The van der Waals surface area contributed by atoms with Crippen molar-refractivity contribution in [3.05, 3.63) is 17.7 Å². The summed E-state index contributed by atoms with van der Waals surface area (Å²) in [7, 11) is 1.69. The first kappa shape index (κ1) is 14.9. The molecular weight excluding hydrogens is 256 g/mol. The lowest BCUT2D eigenvalue weighted by molar-refractivity contribution is 0.0447. The van der Waals surface area contributed by atoms with Gasteiger partial charge >= 0.3 is 0 Å². The van der Waals surface area contributed by atoms with E-state index in [1.54, 1.807) is 7.11 Å². The van der Waals surface area contributed by atoms with Crippen molar-refractivity contribution in [2.75, 3.05) is 44.0 Å². The number of hydrogen-bond acceptors (Lipinski definition) is 5. The van der Waals surface area contributed by atoms with Crippen molar-refractivity contribution >= 4 is 11.4 Å². The molecule has 1 heterocycles. The van der Waals surface area contributed by atoms with Gasteiger partial charge in [0.1, 0.15) is 11.4 Å². The Morgan fingerprint density at radius 3 is 2.85 bits per heavy atom. The largest absolute Gasteiger partial charge is 0.484 e. The molecule has 0 spiro atoms. The molecule has 0 amide bonds. The van der Waals surface area contributed by atoms with Crippen LogP contribution in [0, 0.1) is 0 Å². The molecule has 0 saturated carbocycles. The third-order valence-electron chi connectivity index (χ3n) is 3.75. The van der Waals surface area contributed by atoms with Crippen LogP contribution in [-0.2, 0) is 11.2 Å². The number of ether oxygens (including phenoxy) is 2. The maximum atomic E-state index is 9.42. The summed E-state index contributed by atoms with van der Waals surface area (Å²) in [4.78, 5) is 2.16. The molecule has 0 bridgehead atoms. The summed E-state index contributed by atoms with van der Waals surface area (Å²) in [6, 6.07) is 3.94. The number of methoxy groups -OCH3 is 1. The minimum atomic E-state index is -0.531. The van der Waals surface area contributed by atoms with Gasteiger partial charge in [-0.25, -0.2) is 0 Å². The normalized spacial score (nSPS) is 20.6. The van der Waals surface area contributed by atoms with E-state index in [2.05, 4.69) is 11.8 Å². The molecule has 0 saturated heterocycles. The van der Waals surface area contributed by atoms with Crippen molar-refractivity contribution in [2.24, 2.45) is 0 Å². The Labute approximate surface area is 120 Å². The number of nitrogens with zero attached hydrogens (tertiary/aromatic N) is 1. The van der Waals surface area contributed by atoms with Gasteiger partial charge in [0.05, 0.1) is 24.6 Å². The lowest BCUT2D eigenvalue weighted by atomic mass is 9.99. The highest BCUT2D eigenvalue weighted by molar-refractivity contribution is 5.72. The monoisotopic (exact) mass is 280 g/mol. The predicted molar refractivity (Wildman–Crippen MR) is 80.4 cm³/mol. The molecule has 0 aromatic heterocycles. The zero-order valence-corrected chi connectivity index (χ0v) is 12.5. The van der Waals surface area contributed by atoms with Gasteiger partial charge in [-0.1, -0.05) is 0 Å². The highest BCUT2D eigenvalue weighted by Gasteiger charge is 2.35. The average Bonchev–Trinajstić information content (AvgIpc) is 2.76. The lowest BCUT2D eigenvalue weighted by Crippen LogP contribution is -2.34. The van der Waals surface area contributed by atoms with Crippen molar-refractivity contribution < 1.29 is 14.6 Å². The number of benzene rings is 1. The Kier molecular flexibility index (Phi) is 4.40. The van der Waals surface area contributed by atoms with Crippen molar-refractivity contribution in [1.82, 2.24) is 0 Å². The van der Waals surface area contributed by atoms with Gasteiger partial charge in [0.15, 0.2) is 0 Å². The number of rotatable bonds is 6. The second-order valence-corrected chi connectivity index (χ2v) is 5.48. The second-order valence-electron chi connectivity index (χ2n) is 5.48. The van der Waals surface area contributed by atoms with Crippen molar-refractivity contribution in [3.63, 3.8) is 0 Å². The molecule has 2 rings (SSSR count). The molecule has 0 fully saturated rings. The van der Waals surface area contributed by atoms with Crippen LogP contribution in [0.1, 0.15) is 19.4 Å².